The molecule has 0 aromatic carbocycles. The van der Waals surface area contributed by atoms with E-state index in [9.17, 15) is 4.79 Å². The quantitative estimate of drug-likeness (QED) is 0.853. The maximum Gasteiger partial charge on any atom is 0.244 e. The summed E-state index contributed by atoms with van der Waals surface area (Å²) in [5, 5.41) is 3.03. The highest BCUT2D eigenvalue weighted by molar-refractivity contribution is 9.10. The number of hydrogen-bond donors (Lipinski definition) is 1. The minimum absolute atomic E-state index is 0.0391. The average Bonchev–Trinajstić information content (AvgIpc) is 2.27. The Morgan fingerprint density at radius 2 is 2.31 bits per heavy atom. The summed E-state index contributed by atoms with van der Waals surface area (Å²) < 4.78 is 0.688. The van der Waals surface area contributed by atoms with Gasteiger partial charge in [0.15, 0.2) is 0 Å². The molecule has 1 aromatic rings. The van der Waals surface area contributed by atoms with Crippen LogP contribution >= 0.6 is 15.9 Å². The van der Waals surface area contributed by atoms with Crippen molar-refractivity contribution < 1.29 is 4.79 Å². The first-order chi connectivity index (χ1) is 7.54. The van der Waals surface area contributed by atoms with E-state index >= 15 is 0 Å². The Hall–Kier alpha value is -1.17. The summed E-state index contributed by atoms with van der Waals surface area (Å²) in [5.74, 6) is 0.671. The van der Waals surface area contributed by atoms with Gasteiger partial charge in [-0.15, -0.1) is 0 Å². The van der Waals surface area contributed by atoms with Crippen molar-refractivity contribution in [2.75, 3.05) is 18.9 Å². The Morgan fingerprint density at radius 3 is 2.88 bits per heavy atom. The van der Waals surface area contributed by atoms with Crippen molar-refractivity contribution >= 4 is 27.7 Å². The van der Waals surface area contributed by atoms with Crippen molar-refractivity contribution in [1.29, 1.82) is 0 Å². The van der Waals surface area contributed by atoms with Crippen LogP contribution in [0.4, 0.5) is 5.82 Å². The molecule has 1 unspecified atom stereocenters. The van der Waals surface area contributed by atoms with Crippen LogP contribution in [0.1, 0.15) is 13.8 Å². The summed E-state index contributed by atoms with van der Waals surface area (Å²) in [6.07, 6.45) is 1.44. The number of amides is 1. The fourth-order valence-corrected chi connectivity index (χ4v) is 1.49. The Bertz CT molecular complexity index is 372. The van der Waals surface area contributed by atoms with Crippen LogP contribution in [0.25, 0.3) is 0 Å². The number of likely N-dealkylation sites (N-methyl/N-ethyl adjacent to an activating group) is 1. The van der Waals surface area contributed by atoms with Gasteiger partial charge < -0.3 is 10.2 Å². The highest BCUT2D eigenvalue weighted by atomic mass is 79.9. The molecule has 1 heterocycles. The molecular weight excluding hydrogens is 272 g/mol. The molecule has 0 aliphatic heterocycles. The molecule has 0 saturated carbocycles. The molecule has 88 valence electrons. The van der Waals surface area contributed by atoms with Crippen LogP contribution in [0, 0.1) is 0 Å². The zero-order valence-corrected chi connectivity index (χ0v) is 11.2. The summed E-state index contributed by atoms with van der Waals surface area (Å²) >= 11 is 3.25. The molecular formula is C10H15BrN4O. The smallest absolute Gasteiger partial charge is 0.244 e. The van der Waals surface area contributed by atoms with Gasteiger partial charge in [0, 0.05) is 19.7 Å². The molecule has 1 rings (SSSR count). The molecule has 1 aromatic heterocycles. The largest absolute Gasteiger partial charge is 0.358 e. The van der Waals surface area contributed by atoms with E-state index in [1.54, 1.807) is 18.0 Å². The zero-order chi connectivity index (χ0) is 12.1. The number of nitrogens with one attached hydrogen (secondary N) is 1. The van der Waals surface area contributed by atoms with Crippen molar-refractivity contribution in [3.63, 3.8) is 0 Å². The lowest BCUT2D eigenvalue weighted by atomic mass is 10.3. The normalized spacial score (nSPS) is 12.0. The minimum Gasteiger partial charge on any atom is -0.358 e. The fraction of sp³-hybridized carbons (Fsp3) is 0.500. The van der Waals surface area contributed by atoms with E-state index < -0.39 is 0 Å². The third-order valence-corrected chi connectivity index (χ3v) is 2.65. The minimum atomic E-state index is -0.299. The van der Waals surface area contributed by atoms with Gasteiger partial charge in [-0.05, 0) is 29.8 Å². The highest BCUT2D eigenvalue weighted by Gasteiger charge is 2.16. The standard InChI is InChI=1S/C10H15BrN4O/c1-4-15(3)10(16)7(2)14-9-5-8(11)12-6-13-9/h5-7H,4H2,1-3H3,(H,12,13,14). The van der Waals surface area contributed by atoms with Gasteiger partial charge >= 0.3 is 0 Å². The molecule has 0 saturated heterocycles. The van der Waals surface area contributed by atoms with E-state index in [4.69, 9.17) is 0 Å². The number of carbonyl (C=O) groups excluding carboxylic acids is 1. The molecule has 16 heavy (non-hydrogen) atoms. The number of rotatable bonds is 4. The lowest BCUT2D eigenvalue weighted by molar-refractivity contribution is -0.130. The van der Waals surface area contributed by atoms with E-state index in [1.165, 1.54) is 6.33 Å². The van der Waals surface area contributed by atoms with Crippen LogP contribution in [0.2, 0.25) is 0 Å². The summed E-state index contributed by atoms with van der Waals surface area (Å²) in [5.41, 5.74) is 0. The number of anilines is 1. The molecule has 0 bridgehead atoms. The van der Waals surface area contributed by atoms with Gasteiger partial charge in [0.2, 0.25) is 5.91 Å². The predicted octanol–water partition coefficient (Wildman–Crippen LogP) is 1.52. The van der Waals surface area contributed by atoms with Crippen LogP contribution in [0.3, 0.4) is 0 Å². The second-order valence-electron chi connectivity index (χ2n) is 3.44. The first kappa shape index (κ1) is 12.9. The summed E-state index contributed by atoms with van der Waals surface area (Å²) in [6.45, 7) is 4.44. The Labute approximate surface area is 103 Å². The average molecular weight is 287 g/mol. The number of carbonyl (C=O) groups is 1. The first-order valence-electron chi connectivity index (χ1n) is 5.03. The van der Waals surface area contributed by atoms with Gasteiger partial charge in [0.1, 0.15) is 22.8 Å². The van der Waals surface area contributed by atoms with Gasteiger partial charge in [-0.25, -0.2) is 9.97 Å². The van der Waals surface area contributed by atoms with E-state index in [1.807, 2.05) is 13.8 Å². The summed E-state index contributed by atoms with van der Waals surface area (Å²) in [7, 11) is 1.77. The second kappa shape index (κ2) is 5.79. The molecule has 1 N–H and O–H groups in total. The fourth-order valence-electron chi connectivity index (χ4n) is 1.18. The van der Waals surface area contributed by atoms with Gasteiger partial charge in [-0.3, -0.25) is 4.79 Å². The first-order valence-corrected chi connectivity index (χ1v) is 5.83. The maximum atomic E-state index is 11.8. The monoisotopic (exact) mass is 286 g/mol. The lowest BCUT2D eigenvalue weighted by Crippen LogP contribution is -2.39. The number of nitrogens with zero attached hydrogens (tertiary/aromatic N) is 3. The van der Waals surface area contributed by atoms with E-state index in [-0.39, 0.29) is 11.9 Å². The Morgan fingerprint density at radius 1 is 1.62 bits per heavy atom. The van der Waals surface area contributed by atoms with Gasteiger partial charge in [0.05, 0.1) is 0 Å². The lowest BCUT2D eigenvalue weighted by Gasteiger charge is -2.20. The third-order valence-electron chi connectivity index (χ3n) is 2.22. The Kier molecular flexibility index (Phi) is 4.67. The van der Waals surface area contributed by atoms with Crippen LogP contribution in [-0.2, 0) is 4.79 Å². The second-order valence-corrected chi connectivity index (χ2v) is 4.26. The van der Waals surface area contributed by atoms with Crippen molar-refractivity contribution in [1.82, 2.24) is 14.9 Å². The van der Waals surface area contributed by atoms with Gasteiger partial charge in [-0.1, -0.05) is 0 Å². The van der Waals surface area contributed by atoms with Crippen LogP contribution < -0.4 is 5.32 Å². The van der Waals surface area contributed by atoms with Gasteiger partial charge in [-0.2, -0.15) is 0 Å². The number of hydrogen-bond acceptors (Lipinski definition) is 4. The van der Waals surface area contributed by atoms with Crippen molar-refractivity contribution in [2.24, 2.45) is 0 Å². The summed E-state index contributed by atoms with van der Waals surface area (Å²) in [4.78, 5) is 21.4. The van der Waals surface area contributed by atoms with Crippen molar-refractivity contribution in [2.45, 2.75) is 19.9 Å². The topological polar surface area (TPSA) is 58.1 Å². The highest BCUT2D eigenvalue weighted by Crippen LogP contribution is 2.10. The third kappa shape index (κ3) is 3.44. The Balaban J connectivity index is 2.64. The van der Waals surface area contributed by atoms with E-state index in [2.05, 4.69) is 31.2 Å². The number of halogens is 1. The molecule has 0 fully saturated rings. The van der Waals surface area contributed by atoms with Crippen LogP contribution in [0.5, 0.6) is 0 Å². The molecule has 0 radical (unpaired) electrons. The van der Waals surface area contributed by atoms with Crippen molar-refractivity contribution in [3.05, 3.63) is 17.0 Å². The van der Waals surface area contributed by atoms with Crippen LogP contribution in [-0.4, -0.2) is 40.4 Å². The molecule has 0 spiro atoms. The maximum absolute atomic E-state index is 11.8. The van der Waals surface area contributed by atoms with E-state index in [0.717, 1.165) is 0 Å². The molecule has 5 nitrogen and oxygen atoms in total. The summed E-state index contributed by atoms with van der Waals surface area (Å²) in [6, 6.07) is 1.43. The molecule has 0 aliphatic carbocycles. The van der Waals surface area contributed by atoms with Gasteiger partial charge in [0.25, 0.3) is 0 Å². The van der Waals surface area contributed by atoms with Crippen LogP contribution in [0.15, 0.2) is 17.0 Å². The van der Waals surface area contributed by atoms with Crippen molar-refractivity contribution in [3.8, 4) is 0 Å². The number of aromatic nitrogens is 2. The molecule has 0 aliphatic rings. The SMILES string of the molecule is CCN(C)C(=O)C(C)Nc1cc(Br)ncn1. The molecule has 1 amide bonds. The molecule has 6 heteroatoms. The van der Waals surface area contributed by atoms with E-state index in [0.29, 0.717) is 17.0 Å². The zero-order valence-electron chi connectivity index (χ0n) is 9.57. The molecule has 1 atom stereocenters. The predicted molar refractivity (Wildman–Crippen MR) is 66.1 cm³/mol.